The monoisotopic (exact) mass is 489 g/mol. The SMILES string of the molecule is COc1ccc(C)c2sc(N(CCCn3ccnc3)C(=O)CN3C(=O)c4ccccc4C3=O)nc12. The van der Waals surface area contributed by atoms with Crippen molar-refractivity contribution in [1.82, 2.24) is 19.4 Å². The summed E-state index contributed by atoms with van der Waals surface area (Å²) in [6.07, 6.45) is 5.91. The van der Waals surface area contributed by atoms with Gasteiger partial charge in [0.25, 0.3) is 11.8 Å². The highest BCUT2D eigenvalue weighted by Gasteiger charge is 2.37. The average molecular weight is 490 g/mol. The molecule has 4 aromatic rings. The van der Waals surface area contributed by atoms with E-state index in [1.807, 2.05) is 29.8 Å². The van der Waals surface area contributed by atoms with E-state index in [-0.39, 0.29) is 12.5 Å². The maximum Gasteiger partial charge on any atom is 0.262 e. The molecule has 0 fully saturated rings. The first-order valence-electron chi connectivity index (χ1n) is 11.1. The van der Waals surface area contributed by atoms with Gasteiger partial charge in [0.15, 0.2) is 5.13 Å². The smallest absolute Gasteiger partial charge is 0.262 e. The van der Waals surface area contributed by atoms with E-state index in [0.717, 1.165) is 15.2 Å². The van der Waals surface area contributed by atoms with Crippen LogP contribution in [0.5, 0.6) is 5.75 Å². The number of nitrogens with zero attached hydrogens (tertiary/aromatic N) is 5. The Morgan fingerprint density at radius 2 is 1.86 bits per heavy atom. The predicted octanol–water partition coefficient (Wildman–Crippen LogP) is 3.53. The van der Waals surface area contributed by atoms with Gasteiger partial charge < -0.3 is 9.30 Å². The molecule has 0 spiro atoms. The number of carbonyl (C=O) groups excluding carboxylic acids is 3. The van der Waals surface area contributed by atoms with Crippen molar-refractivity contribution in [2.24, 2.45) is 0 Å². The van der Waals surface area contributed by atoms with Gasteiger partial charge in [0, 0.05) is 25.5 Å². The Hall–Kier alpha value is -4.05. The van der Waals surface area contributed by atoms with Crippen LogP contribution in [0.25, 0.3) is 10.2 Å². The van der Waals surface area contributed by atoms with Gasteiger partial charge in [0.1, 0.15) is 17.8 Å². The Balaban J connectivity index is 1.44. The number of carbonyl (C=O) groups is 3. The number of aryl methyl sites for hydroxylation is 2. The number of thiazole rings is 1. The summed E-state index contributed by atoms with van der Waals surface area (Å²) < 4.78 is 8.32. The molecule has 0 unspecified atom stereocenters. The molecule has 0 saturated heterocycles. The van der Waals surface area contributed by atoms with Crippen molar-refractivity contribution in [3.8, 4) is 5.75 Å². The fourth-order valence-electron chi connectivity index (χ4n) is 4.14. The fraction of sp³-hybridized carbons (Fsp3) is 0.240. The Labute approximate surface area is 205 Å². The first-order chi connectivity index (χ1) is 17.0. The quantitative estimate of drug-likeness (QED) is 0.351. The molecule has 5 rings (SSSR count). The van der Waals surface area contributed by atoms with Gasteiger partial charge >= 0.3 is 0 Å². The highest BCUT2D eigenvalue weighted by Crippen LogP contribution is 2.36. The summed E-state index contributed by atoms with van der Waals surface area (Å²) in [6.45, 7) is 2.64. The number of benzene rings is 2. The second kappa shape index (κ2) is 9.30. The minimum atomic E-state index is -0.459. The first-order valence-corrected chi connectivity index (χ1v) is 11.9. The topological polar surface area (TPSA) is 97.6 Å². The van der Waals surface area contributed by atoms with Crippen molar-refractivity contribution in [3.05, 3.63) is 71.8 Å². The van der Waals surface area contributed by atoms with Crippen LogP contribution >= 0.6 is 11.3 Å². The number of fused-ring (bicyclic) bond motifs is 2. The van der Waals surface area contributed by atoms with E-state index >= 15 is 0 Å². The van der Waals surface area contributed by atoms with E-state index in [1.54, 1.807) is 48.8 Å². The number of aromatic nitrogens is 3. The van der Waals surface area contributed by atoms with Gasteiger partial charge in [-0.05, 0) is 37.1 Å². The van der Waals surface area contributed by atoms with Gasteiger partial charge in [-0.3, -0.25) is 24.2 Å². The van der Waals surface area contributed by atoms with Gasteiger partial charge in [0.2, 0.25) is 5.91 Å². The van der Waals surface area contributed by atoms with E-state index < -0.39 is 11.8 Å². The average Bonchev–Trinajstić information content (AvgIpc) is 3.59. The number of ether oxygens (including phenoxy) is 1. The molecule has 0 radical (unpaired) electrons. The van der Waals surface area contributed by atoms with Gasteiger partial charge in [-0.15, -0.1) is 0 Å². The molecule has 0 saturated carbocycles. The number of anilines is 1. The summed E-state index contributed by atoms with van der Waals surface area (Å²) in [4.78, 5) is 50.6. The molecule has 178 valence electrons. The maximum atomic E-state index is 13.5. The van der Waals surface area contributed by atoms with Gasteiger partial charge in [-0.1, -0.05) is 29.5 Å². The van der Waals surface area contributed by atoms with E-state index in [1.165, 1.54) is 11.3 Å². The van der Waals surface area contributed by atoms with Crippen LogP contribution in [0.3, 0.4) is 0 Å². The van der Waals surface area contributed by atoms with Crippen molar-refractivity contribution >= 4 is 44.4 Å². The summed E-state index contributed by atoms with van der Waals surface area (Å²) in [5.74, 6) is -0.668. The van der Waals surface area contributed by atoms with Crippen LogP contribution in [0.15, 0.2) is 55.1 Å². The summed E-state index contributed by atoms with van der Waals surface area (Å²) in [5.41, 5.74) is 2.34. The Morgan fingerprint density at radius 1 is 1.11 bits per heavy atom. The second-order valence-electron chi connectivity index (χ2n) is 8.20. The standard InChI is InChI=1S/C25H23N5O4S/c1-16-8-9-19(34-2)21-22(16)35-25(27-21)29(12-5-11-28-13-10-26-15-28)20(31)14-30-23(32)17-6-3-4-7-18(17)24(30)33/h3-4,6-10,13,15H,5,11-12,14H2,1-2H3. The zero-order chi connectivity index (χ0) is 24.5. The van der Waals surface area contributed by atoms with Crippen molar-refractivity contribution in [2.75, 3.05) is 25.1 Å². The molecular weight excluding hydrogens is 466 g/mol. The van der Waals surface area contributed by atoms with Crippen LogP contribution in [0.4, 0.5) is 5.13 Å². The molecule has 0 N–H and O–H groups in total. The van der Waals surface area contributed by atoms with Crippen LogP contribution in [-0.2, 0) is 11.3 Å². The van der Waals surface area contributed by atoms with Crippen molar-refractivity contribution in [1.29, 1.82) is 0 Å². The highest BCUT2D eigenvalue weighted by molar-refractivity contribution is 7.22. The van der Waals surface area contributed by atoms with E-state index in [2.05, 4.69) is 4.98 Å². The minimum Gasteiger partial charge on any atom is -0.494 e. The summed E-state index contributed by atoms with van der Waals surface area (Å²) in [6, 6.07) is 10.4. The van der Waals surface area contributed by atoms with Crippen molar-refractivity contribution < 1.29 is 19.1 Å². The minimum absolute atomic E-state index is 0.317. The molecule has 9 nitrogen and oxygen atoms in total. The lowest BCUT2D eigenvalue weighted by atomic mass is 10.1. The Morgan fingerprint density at radius 3 is 2.51 bits per heavy atom. The normalized spacial score (nSPS) is 12.9. The van der Waals surface area contributed by atoms with E-state index in [0.29, 0.717) is 47.0 Å². The zero-order valence-corrected chi connectivity index (χ0v) is 20.1. The molecule has 2 aromatic heterocycles. The fourth-order valence-corrected chi connectivity index (χ4v) is 5.23. The third-order valence-electron chi connectivity index (χ3n) is 5.97. The maximum absolute atomic E-state index is 13.5. The Kier molecular flexibility index (Phi) is 6.04. The number of imidazole rings is 1. The molecule has 0 atom stereocenters. The first kappa shape index (κ1) is 22.7. The molecular formula is C25H23N5O4S. The largest absolute Gasteiger partial charge is 0.494 e. The van der Waals surface area contributed by atoms with E-state index in [4.69, 9.17) is 9.72 Å². The van der Waals surface area contributed by atoms with Crippen LogP contribution in [0, 0.1) is 6.92 Å². The summed E-state index contributed by atoms with van der Waals surface area (Å²) in [5, 5.41) is 0.500. The molecule has 3 heterocycles. The molecule has 2 aromatic carbocycles. The lowest BCUT2D eigenvalue weighted by Crippen LogP contribution is -2.43. The number of hydrogen-bond donors (Lipinski definition) is 0. The number of imide groups is 1. The molecule has 1 aliphatic rings. The molecule has 10 heteroatoms. The lowest BCUT2D eigenvalue weighted by molar-refractivity contribution is -0.119. The van der Waals surface area contributed by atoms with Gasteiger partial charge in [-0.25, -0.2) is 9.97 Å². The van der Waals surface area contributed by atoms with Crippen LogP contribution in [0.1, 0.15) is 32.7 Å². The van der Waals surface area contributed by atoms with Crippen molar-refractivity contribution in [2.45, 2.75) is 19.9 Å². The highest BCUT2D eigenvalue weighted by atomic mass is 32.1. The van der Waals surface area contributed by atoms with Crippen LogP contribution in [0.2, 0.25) is 0 Å². The Bertz CT molecular complexity index is 1390. The van der Waals surface area contributed by atoms with Crippen LogP contribution < -0.4 is 9.64 Å². The summed E-state index contributed by atoms with van der Waals surface area (Å²) in [7, 11) is 1.58. The second-order valence-corrected chi connectivity index (χ2v) is 9.18. The lowest BCUT2D eigenvalue weighted by Gasteiger charge is -2.22. The molecule has 35 heavy (non-hydrogen) atoms. The third kappa shape index (κ3) is 4.17. The number of methoxy groups -OCH3 is 1. The number of amides is 3. The molecule has 1 aliphatic heterocycles. The van der Waals surface area contributed by atoms with E-state index in [9.17, 15) is 14.4 Å². The van der Waals surface area contributed by atoms with Crippen molar-refractivity contribution in [3.63, 3.8) is 0 Å². The molecule has 0 bridgehead atoms. The van der Waals surface area contributed by atoms with Crippen LogP contribution in [-0.4, -0.2) is 57.4 Å². The third-order valence-corrected chi connectivity index (χ3v) is 7.19. The summed E-state index contributed by atoms with van der Waals surface area (Å²) >= 11 is 1.39. The zero-order valence-electron chi connectivity index (χ0n) is 19.3. The van der Waals surface area contributed by atoms with Gasteiger partial charge in [-0.2, -0.15) is 0 Å². The predicted molar refractivity (Wildman–Crippen MR) is 132 cm³/mol. The molecule has 0 aliphatic carbocycles. The number of hydrogen-bond acceptors (Lipinski definition) is 7. The molecule has 3 amide bonds. The van der Waals surface area contributed by atoms with Gasteiger partial charge in [0.05, 0.1) is 29.3 Å². The number of rotatable bonds is 8.